The van der Waals surface area contributed by atoms with Crippen LogP contribution in [0.5, 0.6) is 0 Å². The summed E-state index contributed by atoms with van der Waals surface area (Å²) in [5.74, 6) is 1.37. The first-order chi connectivity index (χ1) is 8.52. The Morgan fingerprint density at radius 1 is 1.28 bits per heavy atom. The van der Waals surface area contributed by atoms with Crippen molar-refractivity contribution < 1.29 is 0 Å². The number of pyridine rings is 1. The van der Waals surface area contributed by atoms with Crippen LogP contribution >= 0.6 is 23.2 Å². The second-order valence-corrected chi connectivity index (χ2v) is 6.41. The van der Waals surface area contributed by atoms with E-state index in [1.807, 2.05) is 12.1 Å². The molecule has 1 aliphatic heterocycles. The Morgan fingerprint density at radius 2 is 2.06 bits per heavy atom. The fourth-order valence-corrected chi connectivity index (χ4v) is 2.84. The first kappa shape index (κ1) is 14.0. The van der Waals surface area contributed by atoms with Crippen LogP contribution < -0.4 is 4.90 Å². The maximum atomic E-state index is 6.05. The SMILES string of the molecule is CC1(C)CCCN(c2ccc(Cl)c(CCl)n2)CC1. The van der Waals surface area contributed by atoms with Crippen molar-refractivity contribution in [2.24, 2.45) is 5.41 Å². The first-order valence-electron chi connectivity index (χ1n) is 6.48. The number of rotatable bonds is 2. The summed E-state index contributed by atoms with van der Waals surface area (Å²) in [7, 11) is 0. The quantitative estimate of drug-likeness (QED) is 0.745. The molecule has 0 N–H and O–H groups in total. The number of halogens is 2. The van der Waals surface area contributed by atoms with Crippen molar-refractivity contribution in [2.45, 2.75) is 39.0 Å². The molecule has 0 spiro atoms. The van der Waals surface area contributed by atoms with E-state index < -0.39 is 0 Å². The average molecular weight is 287 g/mol. The van der Waals surface area contributed by atoms with Gasteiger partial charge in [-0.3, -0.25) is 0 Å². The third-order valence-electron chi connectivity index (χ3n) is 3.69. The van der Waals surface area contributed by atoms with Crippen LogP contribution in [0.1, 0.15) is 38.8 Å². The van der Waals surface area contributed by atoms with Gasteiger partial charge in [0.05, 0.1) is 16.6 Å². The van der Waals surface area contributed by atoms with Crippen LogP contribution in [-0.2, 0) is 5.88 Å². The molecule has 1 aliphatic rings. The van der Waals surface area contributed by atoms with Crippen molar-refractivity contribution in [1.29, 1.82) is 0 Å². The van der Waals surface area contributed by atoms with Crippen LogP contribution in [0.2, 0.25) is 5.02 Å². The number of hydrogen-bond donors (Lipinski definition) is 0. The van der Waals surface area contributed by atoms with E-state index >= 15 is 0 Å². The van der Waals surface area contributed by atoms with Crippen LogP contribution in [0.25, 0.3) is 0 Å². The van der Waals surface area contributed by atoms with Crippen molar-refractivity contribution >= 4 is 29.0 Å². The molecular formula is C14H20Cl2N2. The lowest BCUT2D eigenvalue weighted by atomic mass is 9.85. The molecule has 0 radical (unpaired) electrons. The molecule has 0 amide bonds. The second-order valence-electron chi connectivity index (χ2n) is 5.74. The summed E-state index contributed by atoms with van der Waals surface area (Å²) in [6.45, 7) is 6.81. The molecular weight excluding hydrogens is 267 g/mol. The molecule has 0 aliphatic carbocycles. The van der Waals surface area contributed by atoms with Gasteiger partial charge in [-0.1, -0.05) is 25.4 Å². The van der Waals surface area contributed by atoms with Gasteiger partial charge < -0.3 is 4.90 Å². The number of hydrogen-bond acceptors (Lipinski definition) is 2. The monoisotopic (exact) mass is 286 g/mol. The molecule has 2 heterocycles. The van der Waals surface area contributed by atoms with E-state index in [2.05, 4.69) is 23.7 Å². The number of anilines is 1. The third-order valence-corrected chi connectivity index (χ3v) is 4.29. The predicted molar refractivity (Wildman–Crippen MR) is 78.6 cm³/mol. The molecule has 2 rings (SSSR count). The van der Waals surface area contributed by atoms with Crippen LogP contribution in [0.15, 0.2) is 12.1 Å². The molecule has 4 heteroatoms. The lowest BCUT2D eigenvalue weighted by Gasteiger charge is -2.24. The van der Waals surface area contributed by atoms with Gasteiger partial charge in [0.1, 0.15) is 5.82 Å². The Bertz CT molecular complexity index is 418. The van der Waals surface area contributed by atoms with Crippen molar-refractivity contribution in [1.82, 2.24) is 4.98 Å². The molecule has 18 heavy (non-hydrogen) atoms. The minimum Gasteiger partial charge on any atom is -0.357 e. The van der Waals surface area contributed by atoms with Gasteiger partial charge in [0.25, 0.3) is 0 Å². The molecule has 1 aromatic rings. The summed E-state index contributed by atoms with van der Waals surface area (Å²) in [4.78, 5) is 6.91. The van der Waals surface area contributed by atoms with Crippen LogP contribution in [-0.4, -0.2) is 18.1 Å². The Hall–Kier alpha value is -0.470. The average Bonchev–Trinajstić information content (AvgIpc) is 2.51. The van der Waals surface area contributed by atoms with Crippen LogP contribution in [0.4, 0.5) is 5.82 Å². The van der Waals surface area contributed by atoms with Crippen LogP contribution in [0, 0.1) is 5.41 Å². The molecule has 0 saturated carbocycles. The van der Waals surface area contributed by atoms with E-state index in [9.17, 15) is 0 Å². The van der Waals surface area contributed by atoms with E-state index in [1.54, 1.807) is 0 Å². The predicted octanol–water partition coefficient (Wildman–Crippen LogP) is 4.49. The van der Waals surface area contributed by atoms with Gasteiger partial charge in [0, 0.05) is 13.1 Å². The highest BCUT2D eigenvalue weighted by molar-refractivity contribution is 6.32. The number of nitrogens with zero attached hydrogens (tertiary/aromatic N) is 2. The van der Waals surface area contributed by atoms with Gasteiger partial charge in [-0.15, -0.1) is 11.6 Å². The topological polar surface area (TPSA) is 16.1 Å². The van der Waals surface area contributed by atoms with Gasteiger partial charge in [-0.2, -0.15) is 0 Å². The third kappa shape index (κ3) is 3.30. The zero-order valence-electron chi connectivity index (χ0n) is 11.0. The minimum atomic E-state index is 0.367. The van der Waals surface area contributed by atoms with Gasteiger partial charge >= 0.3 is 0 Å². The van der Waals surface area contributed by atoms with Gasteiger partial charge in [0.15, 0.2) is 0 Å². The summed E-state index contributed by atoms with van der Waals surface area (Å²) in [6, 6.07) is 3.90. The van der Waals surface area contributed by atoms with Gasteiger partial charge in [-0.25, -0.2) is 4.98 Å². The van der Waals surface area contributed by atoms with Gasteiger partial charge in [-0.05, 0) is 36.8 Å². The minimum absolute atomic E-state index is 0.367. The molecule has 1 aromatic heterocycles. The second kappa shape index (κ2) is 5.66. The summed E-state index contributed by atoms with van der Waals surface area (Å²) in [6.07, 6.45) is 3.69. The number of aromatic nitrogens is 1. The normalized spacial score (nSPS) is 19.7. The molecule has 100 valence electrons. The molecule has 0 atom stereocenters. The van der Waals surface area contributed by atoms with Gasteiger partial charge in [0.2, 0.25) is 0 Å². The first-order valence-corrected chi connectivity index (χ1v) is 7.39. The summed E-state index contributed by atoms with van der Waals surface area (Å²) in [5, 5.41) is 0.656. The fraction of sp³-hybridized carbons (Fsp3) is 0.643. The molecule has 1 fully saturated rings. The summed E-state index contributed by atoms with van der Waals surface area (Å²) < 4.78 is 0. The number of alkyl halides is 1. The maximum absolute atomic E-state index is 6.05. The van der Waals surface area contributed by atoms with E-state index in [-0.39, 0.29) is 0 Å². The van der Waals surface area contributed by atoms with E-state index in [1.165, 1.54) is 19.3 Å². The van der Waals surface area contributed by atoms with Crippen molar-refractivity contribution in [3.8, 4) is 0 Å². The van der Waals surface area contributed by atoms with E-state index in [4.69, 9.17) is 23.2 Å². The fourth-order valence-electron chi connectivity index (χ4n) is 2.39. The van der Waals surface area contributed by atoms with Crippen LogP contribution in [0.3, 0.4) is 0 Å². The molecule has 0 unspecified atom stereocenters. The molecule has 2 nitrogen and oxygen atoms in total. The largest absolute Gasteiger partial charge is 0.357 e. The summed E-state index contributed by atoms with van der Waals surface area (Å²) >= 11 is 11.9. The smallest absolute Gasteiger partial charge is 0.128 e. The zero-order valence-corrected chi connectivity index (χ0v) is 12.6. The Labute approximate surface area is 119 Å². The Balaban J connectivity index is 2.16. The van der Waals surface area contributed by atoms with E-state index in [0.717, 1.165) is 24.6 Å². The lowest BCUT2D eigenvalue weighted by molar-refractivity contribution is 0.325. The maximum Gasteiger partial charge on any atom is 0.128 e. The lowest BCUT2D eigenvalue weighted by Crippen LogP contribution is -2.26. The highest BCUT2D eigenvalue weighted by atomic mass is 35.5. The van der Waals surface area contributed by atoms with Crippen molar-refractivity contribution in [3.63, 3.8) is 0 Å². The summed E-state index contributed by atoms with van der Waals surface area (Å²) in [5.41, 5.74) is 1.22. The van der Waals surface area contributed by atoms with Crippen molar-refractivity contribution in [2.75, 3.05) is 18.0 Å². The molecule has 0 bridgehead atoms. The standard InChI is InChI=1S/C14H20Cl2N2/c1-14(2)6-3-8-18(9-7-14)13-5-4-11(16)12(10-15)17-13/h4-5H,3,6-10H2,1-2H3. The molecule has 0 aromatic carbocycles. The highest BCUT2D eigenvalue weighted by Gasteiger charge is 2.23. The van der Waals surface area contributed by atoms with Crippen molar-refractivity contribution in [3.05, 3.63) is 22.8 Å². The molecule has 1 saturated heterocycles. The Morgan fingerprint density at radius 3 is 2.78 bits per heavy atom. The zero-order chi connectivity index (χ0) is 13.2. The van der Waals surface area contributed by atoms with E-state index in [0.29, 0.717) is 16.3 Å². The Kier molecular flexibility index (Phi) is 4.39. The highest BCUT2D eigenvalue weighted by Crippen LogP contribution is 2.31.